The van der Waals surface area contributed by atoms with Gasteiger partial charge in [0, 0.05) is 32.2 Å². The molecule has 1 saturated carbocycles. The van der Waals surface area contributed by atoms with E-state index in [1.165, 1.54) is 0 Å². The maximum atomic E-state index is 14.6. The van der Waals surface area contributed by atoms with Gasteiger partial charge in [-0.05, 0) is 44.1 Å². The third-order valence-corrected chi connectivity index (χ3v) is 10.1. The third kappa shape index (κ3) is 6.19. The summed E-state index contributed by atoms with van der Waals surface area (Å²) in [4.78, 5) is 59.5. The van der Waals surface area contributed by atoms with Crippen LogP contribution >= 0.6 is 0 Å². The monoisotopic (exact) mass is 619 g/mol. The van der Waals surface area contributed by atoms with Gasteiger partial charge in [-0.25, -0.2) is 0 Å². The number of hydrogen-bond acceptors (Lipinski definition) is 7. The van der Waals surface area contributed by atoms with Gasteiger partial charge < -0.3 is 29.7 Å². The summed E-state index contributed by atoms with van der Waals surface area (Å²) in [6.07, 6.45) is 13.7. The smallest absolute Gasteiger partial charge is 0.313 e. The molecule has 5 aliphatic rings. The number of amides is 3. The van der Waals surface area contributed by atoms with Crippen molar-refractivity contribution < 1.29 is 33.8 Å². The van der Waals surface area contributed by atoms with E-state index < -0.39 is 41.7 Å². The predicted molar refractivity (Wildman–Crippen MR) is 165 cm³/mol. The van der Waals surface area contributed by atoms with Gasteiger partial charge in [-0.3, -0.25) is 19.2 Å². The van der Waals surface area contributed by atoms with Crippen LogP contribution in [-0.2, 0) is 28.7 Å². The molecule has 0 aromatic heterocycles. The van der Waals surface area contributed by atoms with Gasteiger partial charge >= 0.3 is 5.97 Å². The molecule has 2 N–H and O–H groups in total. The number of nitrogens with zero attached hydrogens (tertiary/aromatic N) is 2. The zero-order chi connectivity index (χ0) is 31.4. The van der Waals surface area contributed by atoms with Crippen LogP contribution < -0.4 is 5.32 Å². The standard InChI is InChI=1S/C35H45N3O7/c39-22-11-3-10-20-38-31-33(42)37(25-15-6-2-7-16-25)21-12-19-35(31)30(32(38)41)29-26(45-35)17-8-9-18-28(40)36-23-27(44-34(29)43)24-13-4-1-5-14-24/h1,4-5,8,12-14,17,19,25-27,29-31,39H,2-3,6-7,9-11,15-16,18,20-23H2,(H,36,40)/b17-8-/t26-,27+,29+,30+,31-,35+/m0/s1. The number of ether oxygens (including phenoxy) is 2. The lowest BCUT2D eigenvalue weighted by Crippen LogP contribution is -2.57. The van der Waals surface area contributed by atoms with Crippen LogP contribution in [0.5, 0.6) is 0 Å². The van der Waals surface area contributed by atoms with Crippen LogP contribution in [0.15, 0.2) is 54.6 Å². The maximum Gasteiger partial charge on any atom is 0.313 e. The number of fused-ring (bicyclic) bond motifs is 2. The summed E-state index contributed by atoms with van der Waals surface area (Å²) in [5, 5.41) is 12.2. The number of aliphatic hydroxyl groups is 1. The lowest BCUT2D eigenvalue weighted by atomic mass is 9.77. The highest BCUT2D eigenvalue weighted by Gasteiger charge is 2.71. The van der Waals surface area contributed by atoms with Crippen LogP contribution in [-0.4, -0.2) is 88.6 Å². The average molecular weight is 620 g/mol. The van der Waals surface area contributed by atoms with Crippen LogP contribution in [0.4, 0.5) is 0 Å². The Labute approximate surface area is 264 Å². The Balaban J connectivity index is 1.38. The number of allylic oxidation sites excluding steroid dienone is 1. The quantitative estimate of drug-likeness (QED) is 0.273. The Bertz CT molecular complexity index is 1310. The number of likely N-dealkylation sites (tertiary alicyclic amines) is 1. The number of hydrogen-bond donors (Lipinski definition) is 2. The van der Waals surface area contributed by atoms with Gasteiger partial charge in [-0.15, -0.1) is 0 Å². The molecule has 3 amide bonds. The lowest BCUT2D eigenvalue weighted by Gasteiger charge is -2.39. The minimum absolute atomic E-state index is 0.0646. The number of benzene rings is 1. The molecular formula is C35H45N3O7. The topological polar surface area (TPSA) is 125 Å². The number of carbonyl (C=O) groups is 4. The van der Waals surface area contributed by atoms with Crippen LogP contribution in [0.2, 0.25) is 0 Å². The van der Waals surface area contributed by atoms with Crippen molar-refractivity contribution in [2.75, 3.05) is 26.2 Å². The number of cyclic esters (lactones) is 1. The van der Waals surface area contributed by atoms with Crippen molar-refractivity contribution in [3.8, 4) is 0 Å². The van der Waals surface area contributed by atoms with E-state index in [-0.39, 0.29) is 43.3 Å². The number of unbranched alkanes of at least 4 members (excludes halogenated alkanes) is 2. The minimum Gasteiger partial charge on any atom is -0.455 e. The molecule has 4 heterocycles. The molecule has 10 nitrogen and oxygen atoms in total. The van der Waals surface area contributed by atoms with Crippen molar-refractivity contribution in [2.24, 2.45) is 11.8 Å². The van der Waals surface area contributed by atoms with Crippen molar-refractivity contribution in [3.05, 3.63) is 60.2 Å². The molecule has 1 aliphatic carbocycles. The number of aliphatic hydroxyl groups excluding tert-OH is 1. The summed E-state index contributed by atoms with van der Waals surface area (Å²) in [5.74, 6) is -3.05. The largest absolute Gasteiger partial charge is 0.455 e. The molecule has 0 radical (unpaired) electrons. The Hall–Kier alpha value is -3.50. The van der Waals surface area contributed by atoms with E-state index in [4.69, 9.17) is 9.47 Å². The van der Waals surface area contributed by atoms with Crippen molar-refractivity contribution in [1.82, 2.24) is 15.1 Å². The molecule has 0 bridgehead atoms. The Morgan fingerprint density at radius 2 is 1.76 bits per heavy atom. The fourth-order valence-electron chi connectivity index (χ4n) is 7.96. The molecule has 4 aliphatic heterocycles. The first-order chi connectivity index (χ1) is 21.9. The highest BCUT2D eigenvalue weighted by molar-refractivity contribution is 5.99. The van der Waals surface area contributed by atoms with Crippen LogP contribution in [0.25, 0.3) is 0 Å². The normalized spacial score (nSPS) is 33.3. The lowest BCUT2D eigenvalue weighted by molar-refractivity contribution is -0.160. The van der Waals surface area contributed by atoms with Crippen molar-refractivity contribution in [1.29, 1.82) is 0 Å². The molecule has 45 heavy (non-hydrogen) atoms. The van der Waals surface area contributed by atoms with Crippen LogP contribution in [0.3, 0.4) is 0 Å². The second-order valence-corrected chi connectivity index (χ2v) is 12.9. The summed E-state index contributed by atoms with van der Waals surface area (Å²) >= 11 is 0. The molecule has 0 unspecified atom stereocenters. The Kier molecular flexibility index (Phi) is 9.70. The van der Waals surface area contributed by atoms with Gasteiger partial charge in [0.2, 0.25) is 17.7 Å². The number of esters is 1. The predicted octanol–water partition coefficient (Wildman–Crippen LogP) is 3.21. The second-order valence-electron chi connectivity index (χ2n) is 12.9. The van der Waals surface area contributed by atoms with Crippen molar-refractivity contribution in [3.63, 3.8) is 0 Å². The first-order valence-corrected chi connectivity index (χ1v) is 16.7. The molecule has 3 fully saturated rings. The summed E-state index contributed by atoms with van der Waals surface area (Å²) in [6, 6.07) is 8.46. The zero-order valence-electron chi connectivity index (χ0n) is 25.9. The van der Waals surface area contributed by atoms with Gasteiger partial charge in [-0.2, -0.15) is 0 Å². The van der Waals surface area contributed by atoms with E-state index >= 15 is 0 Å². The number of rotatable bonds is 7. The first-order valence-electron chi connectivity index (χ1n) is 16.7. The highest BCUT2D eigenvalue weighted by atomic mass is 16.6. The summed E-state index contributed by atoms with van der Waals surface area (Å²) in [7, 11) is 0. The summed E-state index contributed by atoms with van der Waals surface area (Å²) in [5.41, 5.74) is -0.596. The average Bonchev–Trinajstić information content (AvgIpc) is 3.44. The second kappa shape index (κ2) is 13.9. The van der Waals surface area contributed by atoms with E-state index in [0.717, 1.165) is 37.7 Å². The molecule has 6 rings (SSSR count). The molecule has 6 atom stereocenters. The number of nitrogens with one attached hydrogen (secondary N) is 1. The SMILES string of the molecule is O=C1CC/C=C\[C@@H]2O[C@@]34C=CCN(C5CCCCC5)C(=O)[C@@H]3N(CCCCCO)C(=O)[C@H]4[C@@H]2C(=O)O[C@@H](c2ccccc2)CN1. The minimum atomic E-state index is -1.33. The Morgan fingerprint density at radius 3 is 2.53 bits per heavy atom. The highest BCUT2D eigenvalue weighted by Crippen LogP contribution is 2.53. The van der Waals surface area contributed by atoms with E-state index in [1.54, 1.807) is 11.0 Å². The summed E-state index contributed by atoms with van der Waals surface area (Å²) < 4.78 is 13.0. The van der Waals surface area contributed by atoms with Gasteiger partial charge in [0.05, 0.1) is 18.6 Å². The molecule has 1 aromatic rings. The zero-order valence-corrected chi connectivity index (χ0v) is 25.9. The van der Waals surface area contributed by atoms with E-state index in [0.29, 0.717) is 38.8 Å². The van der Waals surface area contributed by atoms with Gasteiger partial charge in [0.25, 0.3) is 0 Å². The molecule has 10 heteroatoms. The molecular weight excluding hydrogens is 574 g/mol. The van der Waals surface area contributed by atoms with Crippen LogP contribution in [0, 0.1) is 11.8 Å². The van der Waals surface area contributed by atoms with Gasteiger partial charge in [-0.1, -0.05) is 73.9 Å². The first kappa shape index (κ1) is 31.5. The Morgan fingerprint density at radius 1 is 0.956 bits per heavy atom. The molecule has 1 aromatic carbocycles. The fourth-order valence-corrected chi connectivity index (χ4v) is 7.96. The molecule has 242 valence electrons. The van der Waals surface area contributed by atoms with Gasteiger partial charge in [0.1, 0.15) is 23.7 Å². The fraction of sp³-hybridized carbons (Fsp3) is 0.600. The van der Waals surface area contributed by atoms with E-state index in [1.807, 2.05) is 53.5 Å². The molecule has 1 spiro atoms. The maximum absolute atomic E-state index is 14.6. The van der Waals surface area contributed by atoms with E-state index in [2.05, 4.69) is 5.32 Å². The molecule has 2 saturated heterocycles. The van der Waals surface area contributed by atoms with Crippen molar-refractivity contribution >= 4 is 23.7 Å². The third-order valence-electron chi connectivity index (χ3n) is 10.1. The van der Waals surface area contributed by atoms with E-state index in [9.17, 15) is 24.3 Å². The van der Waals surface area contributed by atoms with Crippen molar-refractivity contribution in [2.45, 2.75) is 94.1 Å². The van der Waals surface area contributed by atoms with Crippen LogP contribution in [0.1, 0.15) is 75.9 Å². The number of carbonyl (C=O) groups excluding carboxylic acids is 4. The van der Waals surface area contributed by atoms with Gasteiger partial charge in [0.15, 0.2) is 0 Å². The summed E-state index contributed by atoms with van der Waals surface area (Å²) in [6.45, 7) is 0.942.